The van der Waals surface area contributed by atoms with Gasteiger partial charge < -0.3 is 14.5 Å². The molecule has 1 N–H and O–H groups in total. The van der Waals surface area contributed by atoms with Crippen LogP contribution in [0.5, 0.6) is 0 Å². The van der Waals surface area contributed by atoms with Gasteiger partial charge in [0, 0.05) is 34.4 Å². The van der Waals surface area contributed by atoms with E-state index >= 15 is 0 Å². The molecule has 0 bridgehead atoms. The lowest BCUT2D eigenvalue weighted by Gasteiger charge is -2.28. The van der Waals surface area contributed by atoms with E-state index in [9.17, 15) is 9.59 Å². The molecule has 140 valence electrons. The van der Waals surface area contributed by atoms with E-state index in [1.165, 1.54) is 14.2 Å². The minimum absolute atomic E-state index is 0.160. The number of aromatic nitrogens is 1. The fourth-order valence-corrected chi connectivity index (χ4v) is 3.82. The molecule has 0 unspecified atom stereocenters. The van der Waals surface area contributed by atoms with Gasteiger partial charge >= 0.3 is 11.9 Å². The summed E-state index contributed by atoms with van der Waals surface area (Å²) in [6.45, 7) is 0. The smallest absolute Gasteiger partial charge is 0.323 e. The lowest BCUT2D eigenvalue weighted by atomic mass is 9.76. The summed E-state index contributed by atoms with van der Waals surface area (Å²) in [5.74, 6) is -1.23. The Hall–Kier alpha value is -2.60. The zero-order valence-corrected chi connectivity index (χ0v) is 16.7. The molecule has 6 heteroatoms. The largest absolute Gasteiger partial charge is 0.468 e. The second kappa shape index (κ2) is 7.96. The second-order valence-corrected chi connectivity index (χ2v) is 7.22. The Balaban J connectivity index is 2.12. The summed E-state index contributed by atoms with van der Waals surface area (Å²) in [5, 5.41) is 0.960. The Labute approximate surface area is 165 Å². The highest BCUT2D eigenvalue weighted by Crippen LogP contribution is 2.35. The molecule has 0 fully saturated rings. The van der Waals surface area contributed by atoms with E-state index in [1.54, 1.807) is 0 Å². The number of esters is 2. The fraction of sp³-hybridized carbons (Fsp3) is 0.238. The molecule has 2 aromatic carbocycles. The highest BCUT2D eigenvalue weighted by Gasteiger charge is 2.49. The SMILES string of the molecule is COC(=O)C(Cc1ccccc1Br)(Cc1c[nH]c2ccccc12)C(=O)OC. The normalized spacial score (nSPS) is 11.4. The number of fused-ring (bicyclic) bond motifs is 1. The number of ether oxygens (including phenoxy) is 2. The van der Waals surface area contributed by atoms with Crippen molar-refractivity contribution < 1.29 is 19.1 Å². The molecule has 1 heterocycles. The summed E-state index contributed by atoms with van der Waals surface area (Å²) >= 11 is 3.50. The first-order valence-corrected chi connectivity index (χ1v) is 9.26. The quantitative estimate of drug-likeness (QED) is 0.473. The zero-order chi connectivity index (χ0) is 19.4. The van der Waals surface area contributed by atoms with Gasteiger partial charge in [0.25, 0.3) is 0 Å². The molecule has 0 aliphatic carbocycles. The van der Waals surface area contributed by atoms with Crippen LogP contribution in [0.1, 0.15) is 11.1 Å². The van der Waals surface area contributed by atoms with E-state index in [0.717, 1.165) is 26.5 Å². The van der Waals surface area contributed by atoms with Crippen molar-refractivity contribution in [2.24, 2.45) is 5.41 Å². The van der Waals surface area contributed by atoms with Crippen LogP contribution in [0.4, 0.5) is 0 Å². The maximum atomic E-state index is 12.9. The number of nitrogens with one attached hydrogen (secondary N) is 1. The first kappa shape index (κ1) is 19.2. The Morgan fingerprint density at radius 1 is 0.926 bits per heavy atom. The van der Waals surface area contributed by atoms with Crippen LogP contribution in [0, 0.1) is 5.41 Å². The van der Waals surface area contributed by atoms with Crippen molar-refractivity contribution in [1.29, 1.82) is 0 Å². The third-order valence-electron chi connectivity index (χ3n) is 4.77. The highest BCUT2D eigenvalue weighted by molar-refractivity contribution is 9.10. The number of rotatable bonds is 6. The number of H-pyrrole nitrogens is 1. The number of methoxy groups -OCH3 is 2. The molecule has 3 rings (SSSR count). The summed E-state index contributed by atoms with van der Waals surface area (Å²) in [7, 11) is 2.57. The Morgan fingerprint density at radius 3 is 2.19 bits per heavy atom. The van der Waals surface area contributed by atoms with Crippen LogP contribution in [-0.2, 0) is 31.9 Å². The lowest BCUT2D eigenvalue weighted by Crippen LogP contribution is -2.45. The van der Waals surface area contributed by atoms with E-state index in [1.807, 2.05) is 54.7 Å². The van der Waals surface area contributed by atoms with Gasteiger partial charge in [0.1, 0.15) is 0 Å². The lowest BCUT2D eigenvalue weighted by molar-refractivity contribution is -0.169. The van der Waals surface area contributed by atoms with Crippen molar-refractivity contribution in [1.82, 2.24) is 4.98 Å². The number of hydrogen-bond acceptors (Lipinski definition) is 4. The summed E-state index contributed by atoms with van der Waals surface area (Å²) < 4.78 is 10.9. The maximum absolute atomic E-state index is 12.9. The standard InChI is InChI=1S/C21H20BrNO4/c1-26-19(24)21(20(25)27-2,11-14-7-3-5-9-17(14)22)12-15-13-23-18-10-6-4-8-16(15)18/h3-10,13,23H,11-12H2,1-2H3. The van der Waals surface area contributed by atoms with Gasteiger partial charge in [-0.25, -0.2) is 0 Å². The zero-order valence-electron chi connectivity index (χ0n) is 15.1. The molecule has 5 nitrogen and oxygen atoms in total. The van der Waals surface area contributed by atoms with Crippen LogP contribution in [-0.4, -0.2) is 31.1 Å². The van der Waals surface area contributed by atoms with Crippen LogP contribution in [0.3, 0.4) is 0 Å². The molecule has 0 amide bonds. The number of para-hydroxylation sites is 1. The minimum atomic E-state index is -1.49. The number of carbonyl (C=O) groups excluding carboxylic acids is 2. The molecule has 27 heavy (non-hydrogen) atoms. The van der Waals surface area contributed by atoms with E-state index in [0.29, 0.717) is 0 Å². The minimum Gasteiger partial charge on any atom is -0.468 e. The molecular formula is C21H20BrNO4. The number of hydrogen-bond donors (Lipinski definition) is 1. The topological polar surface area (TPSA) is 68.4 Å². The van der Waals surface area contributed by atoms with Gasteiger partial charge in [0.05, 0.1) is 14.2 Å². The highest BCUT2D eigenvalue weighted by atomic mass is 79.9. The Bertz CT molecular complexity index is 963. The molecule has 0 radical (unpaired) electrons. The number of benzene rings is 2. The molecule has 0 atom stereocenters. The van der Waals surface area contributed by atoms with Crippen LogP contribution in [0.25, 0.3) is 10.9 Å². The van der Waals surface area contributed by atoms with Crippen molar-refractivity contribution in [3.05, 3.63) is 70.3 Å². The predicted octanol–water partition coefficient (Wildman–Crippen LogP) is 4.05. The maximum Gasteiger partial charge on any atom is 0.323 e. The van der Waals surface area contributed by atoms with Crippen LogP contribution < -0.4 is 0 Å². The van der Waals surface area contributed by atoms with Crippen molar-refractivity contribution in [2.45, 2.75) is 12.8 Å². The van der Waals surface area contributed by atoms with Gasteiger partial charge in [-0.1, -0.05) is 52.3 Å². The molecule has 0 spiro atoms. The fourth-order valence-electron chi connectivity index (χ4n) is 3.40. The third-order valence-corrected chi connectivity index (χ3v) is 5.54. The Morgan fingerprint density at radius 2 is 1.52 bits per heavy atom. The van der Waals surface area contributed by atoms with Gasteiger partial charge in [0.15, 0.2) is 5.41 Å². The van der Waals surface area contributed by atoms with E-state index < -0.39 is 17.4 Å². The van der Waals surface area contributed by atoms with E-state index in [4.69, 9.17) is 9.47 Å². The molecule has 1 aromatic heterocycles. The molecule has 0 aliphatic rings. The van der Waals surface area contributed by atoms with E-state index in [2.05, 4.69) is 20.9 Å². The van der Waals surface area contributed by atoms with Gasteiger partial charge in [0.2, 0.25) is 0 Å². The molecule has 3 aromatic rings. The average molecular weight is 430 g/mol. The number of carbonyl (C=O) groups is 2. The number of halogens is 1. The van der Waals surface area contributed by atoms with Gasteiger partial charge in [-0.05, 0) is 23.3 Å². The third kappa shape index (κ3) is 3.62. The van der Waals surface area contributed by atoms with Crippen LogP contribution in [0.2, 0.25) is 0 Å². The van der Waals surface area contributed by atoms with Crippen molar-refractivity contribution in [3.8, 4) is 0 Å². The Kier molecular flexibility index (Phi) is 5.65. The first-order valence-electron chi connectivity index (χ1n) is 8.47. The predicted molar refractivity (Wildman–Crippen MR) is 106 cm³/mol. The van der Waals surface area contributed by atoms with Crippen molar-refractivity contribution in [2.75, 3.05) is 14.2 Å². The monoisotopic (exact) mass is 429 g/mol. The average Bonchev–Trinajstić information content (AvgIpc) is 3.10. The van der Waals surface area contributed by atoms with Gasteiger partial charge in [-0.2, -0.15) is 0 Å². The van der Waals surface area contributed by atoms with Gasteiger partial charge in [-0.3, -0.25) is 9.59 Å². The second-order valence-electron chi connectivity index (χ2n) is 6.37. The van der Waals surface area contributed by atoms with Gasteiger partial charge in [-0.15, -0.1) is 0 Å². The van der Waals surface area contributed by atoms with Crippen LogP contribution in [0.15, 0.2) is 59.2 Å². The number of aromatic amines is 1. The first-order chi connectivity index (χ1) is 13.0. The van der Waals surface area contributed by atoms with Crippen molar-refractivity contribution in [3.63, 3.8) is 0 Å². The molecule has 0 aliphatic heterocycles. The molecule has 0 saturated heterocycles. The summed E-state index contributed by atoms with van der Waals surface area (Å²) in [4.78, 5) is 28.9. The molecule has 0 saturated carbocycles. The van der Waals surface area contributed by atoms with Crippen molar-refractivity contribution >= 4 is 38.8 Å². The summed E-state index contributed by atoms with van der Waals surface area (Å²) in [6.07, 6.45) is 2.15. The summed E-state index contributed by atoms with van der Waals surface area (Å²) in [6, 6.07) is 15.3. The van der Waals surface area contributed by atoms with E-state index in [-0.39, 0.29) is 12.8 Å². The molecular weight excluding hydrogens is 410 g/mol. The van der Waals surface area contributed by atoms with Crippen LogP contribution >= 0.6 is 15.9 Å². The summed E-state index contributed by atoms with van der Waals surface area (Å²) in [5.41, 5.74) is 1.14.